The Bertz CT molecular complexity index is 1110. The molecule has 0 saturated carbocycles. The van der Waals surface area contributed by atoms with Gasteiger partial charge in [-0.3, -0.25) is 9.36 Å². The molecule has 0 saturated heterocycles. The van der Waals surface area contributed by atoms with E-state index < -0.39 is 0 Å². The first-order valence-corrected chi connectivity index (χ1v) is 12.5. The van der Waals surface area contributed by atoms with E-state index in [1.165, 1.54) is 0 Å². The summed E-state index contributed by atoms with van der Waals surface area (Å²) < 4.78 is 7.88. The van der Waals surface area contributed by atoms with Crippen LogP contribution in [0.5, 0.6) is 0 Å². The van der Waals surface area contributed by atoms with Gasteiger partial charge in [-0.1, -0.05) is 51.6 Å². The van der Waals surface area contributed by atoms with Crippen molar-refractivity contribution in [1.82, 2.24) is 9.55 Å². The van der Waals surface area contributed by atoms with Gasteiger partial charge in [0.15, 0.2) is 5.16 Å². The summed E-state index contributed by atoms with van der Waals surface area (Å²) in [5.74, 6) is 2.00. The summed E-state index contributed by atoms with van der Waals surface area (Å²) in [6.07, 6.45) is 2.04. The van der Waals surface area contributed by atoms with Crippen LogP contribution in [-0.2, 0) is 17.8 Å². The molecular weight excluding hydrogens is 412 g/mol. The number of nitrogens with zero attached hydrogens (tertiary/aromatic N) is 2. The van der Waals surface area contributed by atoms with Crippen molar-refractivity contribution in [3.05, 3.63) is 50.6 Å². The third-order valence-electron chi connectivity index (χ3n) is 5.64. The smallest absolute Gasteiger partial charge is 0.267 e. The lowest BCUT2D eigenvalue weighted by Crippen LogP contribution is -2.28. The van der Waals surface area contributed by atoms with Gasteiger partial charge in [0.1, 0.15) is 4.83 Å². The average molecular weight is 443 g/mol. The van der Waals surface area contributed by atoms with E-state index in [0.29, 0.717) is 18.4 Å². The Morgan fingerprint density at radius 2 is 2.10 bits per heavy atom. The molecule has 0 N–H and O–H groups in total. The van der Waals surface area contributed by atoms with Crippen molar-refractivity contribution in [2.45, 2.75) is 65.3 Å². The van der Waals surface area contributed by atoms with Gasteiger partial charge in [0.2, 0.25) is 0 Å². The summed E-state index contributed by atoms with van der Waals surface area (Å²) in [6, 6.07) is 8.15. The van der Waals surface area contributed by atoms with Crippen LogP contribution in [-0.4, -0.2) is 21.4 Å². The molecule has 1 aromatic carbocycles. The molecule has 1 aliphatic rings. The Balaban J connectivity index is 1.88. The molecule has 1 unspecified atom stereocenters. The van der Waals surface area contributed by atoms with Crippen LogP contribution in [0.3, 0.4) is 0 Å². The fraction of sp³-hybridized carbons (Fsp3) is 0.500. The Kier molecular flexibility index (Phi) is 6.37. The Morgan fingerprint density at radius 1 is 1.30 bits per heavy atom. The SMILES string of the molecule is Cc1cccc(-n2c(SCCC(C)C)nc3sc4c(c3c2=O)CC(C(C)C)OC4)c1. The number of rotatable bonds is 6. The molecule has 1 aliphatic heterocycles. The maximum atomic E-state index is 13.8. The molecule has 3 heterocycles. The quantitative estimate of drug-likeness (QED) is 0.347. The zero-order valence-electron chi connectivity index (χ0n) is 18.4. The molecule has 4 rings (SSSR count). The standard InChI is InChI=1S/C24H30N2O2S2/c1-14(2)9-10-29-24-25-22-21(18-12-19(15(3)4)28-13-20(18)30-22)23(27)26(24)17-8-6-7-16(5)11-17/h6-8,11,14-15,19H,9-10,12-13H2,1-5H3. The number of thioether (sulfide) groups is 1. The normalized spacial score (nSPS) is 16.6. The maximum Gasteiger partial charge on any atom is 0.267 e. The second-order valence-electron chi connectivity index (χ2n) is 8.89. The highest BCUT2D eigenvalue weighted by molar-refractivity contribution is 7.99. The molecule has 6 heteroatoms. The fourth-order valence-electron chi connectivity index (χ4n) is 3.81. The molecule has 2 aromatic heterocycles. The van der Waals surface area contributed by atoms with Crippen molar-refractivity contribution < 1.29 is 4.74 Å². The first kappa shape index (κ1) is 21.6. The molecule has 0 spiro atoms. The molecule has 0 fully saturated rings. The van der Waals surface area contributed by atoms with E-state index >= 15 is 0 Å². The zero-order chi connectivity index (χ0) is 21.4. The van der Waals surface area contributed by atoms with Gasteiger partial charge < -0.3 is 4.74 Å². The van der Waals surface area contributed by atoms with Crippen molar-refractivity contribution >= 4 is 33.3 Å². The van der Waals surface area contributed by atoms with Crippen LogP contribution >= 0.6 is 23.1 Å². The Hall–Kier alpha value is -1.63. The highest BCUT2D eigenvalue weighted by atomic mass is 32.2. The predicted octanol–water partition coefficient (Wildman–Crippen LogP) is 5.99. The molecule has 0 bridgehead atoms. The van der Waals surface area contributed by atoms with Crippen molar-refractivity contribution in [3.63, 3.8) is 0 Å². The van der Waals surface area contributed by atoms with Crippen LogP contribution in [0, 0.1) is 18.8 Å². The minimum atomic E-state index is 0.0551. The maximum absolute atomic E-state index is 13.8. The summed E-state index contributed by atoms with van der Waals surface area (Å²) in [5, 5.41) is 1.58. The monoisotopic (exact) mass is 442 g/mol. The minimum Gasteiger partial charge on any atom is -0.372 e. The number of fused-ring (bicyclic) bond motifs is 3. The molecule has 0 radical (unpaired) electrons. The summed E-state index contributed by atoms with van der Waals surface area (Å²) in [5.41, 5.74) is 3.24. The summed E-state index contributed by atoms with van der Waals surface area (Å²) in [7, 11) is 0. The van der Waals surface area contributed by atoms with E-state index in [1.807, 2.05) is 16.7 Å². The van der Waals surface area contributed by atoms with E-state index in [-0.39, 0.29) is 11.7 Å². The van der Waals surface area contributed by atoms with E-state index in [9.17, 15) is 4.79 Å². The van der Waals surface area contributed by atoms with Gasteiger partial charge in [-0.25, -0.2) is 4.98 Å². The first-order chi connectivity index (χ1) is 14.3. The number of hydrogen-bond acceptors (Lipinski definition) is 5. The van der Waals surface area contributed by atoms with Crippen molar-refractivity contribution in [2.75, 3.05) is 5.75 Å². The summed E-state index contributed by atoms with van der Waals surface area (Å²) in [6.45, 7) is 11.4. The zero-order valence-corrected chi connectivity index (χ0v) is 20.0. The van der Waals surface area contributed by atoms with Crippen molar-refractivity contribution in [3.8, 4) is 5.69 Å². The molecule has 4 nitrogen and oxygen atoms in total. The second-order valence-corrected chi connectivity index (χ2v) is 11.0. The van der Waals surface area contributed by atoms with E-state index in [1.54, 1.807) is 23.1 Å². The van der Waals surface area contributed by atoms with Crippen LogP contribution in [0.25, 0.3) is 15.9 Å². The Labute approximate surface area is 186 Å². The number of aryl methyl sites for hydroxylation is 1. The van der Waals surface area contributed by atoms with Crippen LogP contribution in [0.2, 0.25) is 0 Å². The van der Waals surface area contributed by atoms with Crippen LogP contribution < -0.4 is 5.56 Å². The molecule has 0 aliphatic carbocycles. The number of hydrogen-bond donors (Lipinski definition) is 0. The number of benzene rings is 1. The van der Waals surface area contributed by atoms with Crippen LogP contribution in [0.1, 0.15) is 50.1 Å². The van der Waals surface area contributed by atoms with Gasteiger partial charge in [-0.05, 0) is 48.4 Å². The lowest BCUT2D eigenvalue weighted by molar-refractivity contribution is 0.00200. The molecule has 1 atom stereocenters. The van der Waals surface area contributed by atoms with Gasteiger partial charge in [0.25, 0.3) is 5.56 Å². The van der Waals surface area contributed by atoms with Gasteiger partial charge in [0.05, 0.1) is 23.8 Å². The van der Waals surface area contributed by atoms with Crippen LogP contribution in [0.4, 0.5) is 0 Å². The van der Waals surface area contributed by atoms with E-state index in [2.05, 4.69) is 46.8 Å². The number of ether oxygens (including phenoxy) is 1. The highest BCUT2D eigenvalue weighted by Crippen LogP contribution is 2.36. The number of aromatic nitrogens is 2. The lowest BCUT2D eigenvalue weighted by atomic mass is 9.96. The largest absolute Gasteiger partial charge is 0.372 e. The Morgan fingerprint density at radius 3 is 2.80 bits per heavy atom. The summed E-state index contributed by atoms with van der Waals surface area (Å²) >= 11 is 3.31. The van der Waals surface area contributed by atoms with E-state index in [4.69, 9.17) is 9.72 Å². The van der Waals surface area contributed by atoms with Gasteiger partial charge in [-0.15, -0.1) is 11.3 Å². The summed E-state index contributed by atoms with van der Waals surface area (Å²) in [4.78, 5) is 20.9. The molecule has 160 valence electrons. The van der Waals surface area contributed by atoms with E-state index in [0.717, 1.165) is 55.7 Å². The fourth-order valence-corrected chi connectivity index (χ4v) is 6.23. The molecule has 30 heavy (non-hydrogen) atoms. The van der Waals surface area contributed by atoms with Crippen molar-refractivity contribution in [2.24, 2.45) is 11.8 Å². The van der Waals surface area contributed by atoms with Crippen molar-refractivity contribution in [1.29, 1.82) is 0 Å². The van der Waals surface area contributed by atoms with Gasteiger partial charge >= 0.3 is 0 Å². The molecular formula is C24H30N2O2S2. The minimum absolute atomic E-state index is 0.0551. The number of thiophene rings is 1. The average Bonchev–Trinajstić information content (AvgIpc) is 3.05. The van der Waals surface area contributed by atoms with Crippen LogP contribution in [0.15, 0.2) is 34.2 Å². The van der Waals surface area contributed by atoms with Gasteiger partial charge in [-0.2, -0.15) is 0 Å². The molecule has 0 amide bonds. The lowest BCUT2D eigenvalue weighted by Gasteiger charge is -2.26. The second kappa shape index (κ2) is 8.85. The topological polar surface area (TPSA) is 44.1 Å². The van der Waals surface area contributed by atoms with Gasteiger partial charge in [0, 0.05) is 17.1 Å². The first-order valence-electron chi connectivity index (χ1n) is 10.7. The third kappa shape index (κ3) is 4.23. The predicted molar refractivity (Wildman–Crippen MR) is 127 cm³/mol. The highest BCUT2D eigenvalue weighted by Gasteiger charge is 2.28. The third-order valence-corrected chi connectivity index (χ3v) is 7.71. The molecule has 3 aromatic rings.